The molecule has 2 aliphatic rings. The summed E-state index contributed by atoms with van der Waals surface area (Å²) in [6.45, 7) is 0.193. The number of amides is 5. The van der Waals surface area contributed by atoms with Gasteiger partial charge in [0.1, 0.15) is 12.6 Å². The molecule has 3 heterocycles. The molecule has 3 rings (SSSR count). The Balaban J connectivity index is 1.76. The molecule has 0 aromatic carbocycles. The number of piperazine rings is 1. The van der Waals surface area contributed by atoms with Crippen LogP contribution in [0.15, 0.2) is 24.5 Å². The van der Waals surface area contributed by atoms with Crippen LogP contribution in [0.25, 0.3) is 0 Å². The molecule has 0 aliphatic carbocycles. The first kappa shape index (κ1) is 14.9. The number of pyridine rings is 1. The fourth-order valence-electron chi connectivity index (χ4n) is 2.81. The third kappa shape index (κ3) is 2.60. The molecule has 5 amide bonds. The molecule has 0 radical (unpaired) electrons. The predicted octanol–water partition coefficient (Wildman–Crippen LogP) is -1.34. The van der Waals surface area contributed by atoms with Gasteiger partial charge in [0.25, 0.3) is 11.8 Å². The first-order chi connectivity index (χ1) is 11.0. The minimum Gasteiger partial charge on any atom is -0.368 e. The van der Waals surface area contributed by atoms with Crippen molar-refractivity contribution < 1.29 is 19.2 Å². The summed E-state index contributed by atoms with van der Waals surface area (Å²) >= 11 is 0. The largest absolute Gasteiger partial charge is 0.368 e. The Kier molecular flexibility index (Phi) is 3.68. The SMILES string of the molecule is NC(=O)CN1C(=O)C2CN(C(=O)c3cccnc3)CCN2C1=O. The zero-order valence-electron chi connectivity index (χ0n) is 12.2. The van der Waals surface area contributed by atoms with E-state index in [1.54, 1.807) is 18.3 Å². The number of carbonyl (C=O) groups is 4. The molecule has 0 spiro atoms. The molecule has 1 aromatic rings. The van der Waals surface area contributed by atoms with Gasteiger partial charge in [-0.15, -0.1) is 0 Å². The average molecular weight is 317 g/mol. The van der Waals surface area contributed by atoms with E-state index >= 15 is 0 Å². The highest BCUT2D eigenvalue weighted by Crippen LogP contribution is 2.22. The second kappa shape index (κ2) is 5.67. The van der Waals surface area contributed by atoms with Crippen molar-refractivity contribution >= 4 is 23.8 Å². The second-order valence-corrected chi connectivity index (χ2v) is 5.38. The predicted molar refractivity (Wildman–Crippen MR) is 76.9 cm³/mol. The molecule has 1 atom stereocenters. The fourth-order valence-corrected chi connectivity index (χ4v) is 2.81. The van der Waals surface area contributed by atoms with Gasteiger partial charge in [0.2, 0.25) is 5.91 Å². The Labute approximate surface area is 131 Å². The van der Waals surface area contributed by atoms with E-state index in [0.717, 1.165) is 4.90 Å². The van der Waals surface area contributed by atoms with Crippen LogP contribution in [0, 0.1) is 0 Å². The molecule has 23 heavy (non-hydrogen) atoms. The molecule has 2 fully saturated rings. The molecule has 1 unspecified atom stereocenters. The van der Waals surface area contributed by atoms with Crippen LogP contribution in [0.1, 0.15) is 10.4 Å². The summed E-state index contributed by atoms with van der Waals surface area (Å²) in [4.78, 5) is 55.5. The molecule has 120 valence electrons. The van der Waals surface area contributed by atoms with E-state index in [1.807, 2.05) is 0 Å². The van der Waals surface area contributed by atoms with Crippen molar-refractivity contribution in [3.63, 3.8) is 0 Å². The number of hydrogen-bond acceptors (Lipinski definition) is 5. The molecule has 1 aromatic heterocycles. The van der Waals surface area contributed by atoms with Crippen LogP contribution >= 0.6 is 0 Å². The number of carbonyl (C=O) groups excluding carboxylic acids is 4. The lowest BCUT2D eigenvalue weighted by atomic mass is 10.1. The minimum atomic E-state index is -0.767. The van der Waals surface area contributed by atoms with Crippen molar-refractivity contribution in [1.29, 1.82) is 0 Å². The van der Waals surface area contributed by atoms with Crippen molar-refractivity contribution in [1.82, 2.24) is 19.7 Å². The number of rotatable bonds is 3. The van der Waals surface area contributed by atoms with Gasteiger partial charge in [-0.05, 0) is 12.1 Å². The molecule has 2 aliphatic heterocycles. The quantitative estimate of drug-likeness (QED) is 0.692. The fraction of sp³-hybridized carbons (Fsp3) is 0.357. The van der Waals surface area contributed by atoms with Crippen molar-refractivity contribution in [2.75, 3.05) is 26.2 Å². The standard InChI is InChI=1S/C14H15N5O4/c15-11(20)8-19-13(22)10-7-17(4-5-18(10)14(19)23)12(21)9-2-1-3-16-6-9/h1-3,6,10H,4-5,7-8H2,(H2,15,20). The minimum absolute atomic E-state index is 0.0908. The Morgan fingerprint density at radius 3 is 2.74 bits per heavy atom. The first-order valence-corrected chi connectivity index (χ1v) is 7.08. The third-order valence-corrected chi connectivity index (χ3v) is 3.92. The van der Waals surface area contributed by atoms with Crippen LogP contribution in [-0.4, -0.2) is 75.7 Å². The topological polar surface area (TPSA) is 117 Å². The summed E-state index contributed by atoms with van der Waals surface area (Å²) in [6, 6.07) is 1.99. The maximum atomic E-state index is 12.4. The molecular weight excluding hydrogens is 302 g/mol. The highest BCUT2D eigenvalue weighted by atomic mass is 16.2. The van der Waals surface area contributed by atoms with Crippen molar-refractivity contribution in [3.05, 3.63) is 30.1 Å². The molecule has 2 saturated heterocycles. The van der Waals surface area contributed by atoms with E-state index in [2.05, 4.69) is 4.98 Å². The summed E-state index contributed by atoms with van der Waals surface area (Å²) < 4.78 is 0. The molecule has 0 bridgehead atoms. The Hall–Kier alpha value is -2.97. The summed E-state index contributed by atoms with van der Waals surface area (Å²) in [5.74, 6) is -1.50. The van der Waals surface area contributed by atoms with Gasteiger partial charge in [-0.1, -0.05) is 0 Å². The molecular formula is C14H15N5O4. The number of imide groups is 1. The Morgan fingerprint density at radius 1 is 1.30 bits per heavy atom. The van der Waals surface area contributed by atoms with Gasteiger partial charge in [0.05, 0.1) is 12.1 Å². The zero-order valence-corrected chi connectivity index (χ0v) is 12.2. The summed E-state index contributed by atoms with van der Waals surface area (Å²) in [6.07, 6.45) is 3.02. The van der Waals surface area contributed by atoms with E-state index in [0.29, 0.717) is 12.1 Å². The van der Waals surface area contributed by atoms with Crippen LogP contribution in [-0.2, 0) is 9.59 Å². The number of hydrogen-bond donors (Lipinski definition) is 1. The molecule has 9 heteroatoms. The number of fused-ring (bicyclic) bond motifs is 1. The maximum Gasteiger partial charge on any atom is 0.328 e. The summed E-state index contributed by atoms with van der Waals surface area (Å²) in [5, 5.41) is 0. The van der Waals surface area contributed by atoms with E-state index in [1.165, 1.54) is 16.0 Å². The number of urea groups is 1. The van der Waals surface area contributed by atoms with Gasteiger partial charge in [-0.25, -0.2) is 4.79 Å². The van der Waals surface area contributed by atoms with Gasteiger partial charge in [-0.3, -0.25) is 24.3 Å². The van der Waals surface area contributed by atoms with Gasteiger partial charge in [0.15, 0.2) is 0 Å². The van der Waals surface area contributed by atoms with Crippen molar-refractivity contribution in [2.45, 2.75) is 6.04 Å². The van der Waals surface area contributed by atoms with Crippen LogP contribution in [0.2, 0.25) is 0 Å². The number of nitrogens with zero attached hydrogens (tertiary/aromatic N) is 4. The van der Waals surface area contributed by atoms with Crippen LogP contribution in [0.3, 0.4) is 0 Å². The van der Waals surface area contributed by atoms with Gasteiger partial charge >= 0.3 is 6.03 Å². The normalized spacial score (nSPS) is 20.7. The van der Waals surface area contributed by atoms with Crippen LogP contribution in [0.5, 0.6) is 0 Å². The maximum absolute atomic E-state index is 12.4. The highest BCUT2D eigenvalue weighted by molar-refractivity contribution is 6.07. The summed E-state index contributed by atoms with van der Waals surface area (Å²) in [5.41, 5.74) is 5.49. The molecule has 2 N–H and O–H groups in total. The van der Waals surface area contributed by atoms with E-state index in [9.17, 15) is 19.2 Å². The van der Waals surface area contributed by atoms with E-state index in [-0.39, 0.29) is 19.0 Å². The van der Waals surface area contributed by atoms with Gasteiger partial charge in [0, 0.05) is 25.5 Å². The zero-order chi connectivity index (χ0) is 16.6. The third-order valence-electron chi connectivity index (χ3n) is 3.92. The molecule has 9 nitrogen and oxygen atoms in total. The number of aromatic nitrogens is 1. The average Bonchev–Trinajstić information content (AvgIpc) is 2.79. The lowest BCUT2D eigenvalue weighted by Crippen LogP contribution is -2.54. The van der Waals surface area contributed by atoms with Gasteiger partial charge in [-0.2, -0.15) is 0 Å². The number of primary amides is 1. The number of nitrogens with two attached hydrogens (primary N) is 1. The lowest BCUT2D eigenvalue weighted by molar-refractivity contribution is -0.132. The van der Waals surface area contributed by atoms with Gasteiger partial charge < -0.3 is 15.5 Å². The Morgan fingerprint density at radius 2 is 2.09 bits per heavy atom. The van der Waals surface area contributed by atoms with E-state index in [4.69, 9.17) is 5.73 Å². The highest BCUT2D eigenvalue weighted by Gasteiger charge is 2.48. The second-order valence-electron chi connectivity index (χ2n) is 5.38. The van der Waals surface area contributed by atoms with Crippen molar-refractivity contribution in [2.24, 2.45) is 5.73 Å². The smallest absolute Gasteiger partial charge is 0.328 e. The van der Waals surface area contributed by atoms with Crippen LogP contribution < -0.4 is 5.73 Å². The molecule has 0 saturated carbocycles. The Bertz CT molecular complexity index is 677. The van der Waals surface area contributed by atoms with Crippen LogP contribution in [0.4, 0.5) is 4.79 Å². The van der Waals surface area contributed by atoms with E-state index < -0.39 is 30.4 Å². The first-order valence-electron chi connectivity index (χ1n) is 7.08. The lowest BCUT2D eigenvalue weighted by Gasteiger charge is -2.35. The monoisotopic (exact) mass is 317 g/mol. The summed E-state index contributed by atoms with van der Waals surface area (Å²) in [7, 11) is 0. The van der Waals surface area contributed by atoms with Crippen molar-refractivity contribution in [3.8, 4) is 0 Å².